The zero-order chi connectivity index (χ0) is 19.8. The van der Waals surface area contributed by atoms with Crippen LogP contribution < -0.4 is 15.0 Å². The van der Waals surface area contributed by atoms with Crippen molar-refractivity contribution >= 4 is 16.8 Å². The van der Waals surface area contributed by atoms with Crippen molar-refractivity contribution in [2.75, 3.05) is 6.79 Å². The van der Waals surface area contributed by atoms with Gasteiger partial charge in [0.1, 0.15) is 0 Å². The van der Waals surface area contributed by atoms with E-state index in [1.165, 1.54) is 6.92 Å². The van der Waals surface area contributed by atoms with Gasteiger partial charge in [0.05, 0.1) is 12.1 Å². The van der Waals surface area contributed by atoms with Crippen molar-refractivity contribution in [2.24, 2.45) is 0 Å². The summed E-state index contributed by atoms with van der Waals surface area (Å²) < 4.78 is 10.7. The molecule has 0 spiro atoms. The standard InChI is InChI=1S/C22H22N2O4/c1-13-6-14(2)21-17(7-13)9-18(22(26)23-21)11-24(15(3)25)10-16-4-5-19-20(8-16)28-12-27-19/h4-9H,10-12H2,1-3H3,(H,23,26). The maximum absolute atomic E-state index is 12.6. The second-order valence-electron chi connectivity index (χ2n) is 7.23. The molecule has 3 aromatic rings. The molecule has 1 aliphatic heterocycles. The highest BCUT2D eigenvalue weighted by molar-refractivity contribution is 5.83. The van der Waals surface area contributed by atoms with Crippen LogP contribution >= 0.6 is 0 Å². The van der Waals surface area contributed by atoms with Crippen molar-refractivity contribution in [3.63, 3.8) is 0 Å². The van der Waals surface area contributed by atoms with Crippen molar-refractivity contribution in [3.8, 4) is 11.5 Å². The average molecular weight is 378 g/mol. The molecule has 28 heavy (non-hydrogen) atoms. The van der Waals surface area contributed by atoms with Crippen LogP contribution in [0.4, 0.5) is 0 Å². The molecule has 0 fully saturated rings. The molecule has 1 N–H and O–H groups in total. The van der Waals surface area contributed by atoms with Gasteiger partial charge in [-0.15, -0.1) is 0 Å². The number of ether oxygens (including phenoxy) is 2. The van der Waals surface area contributed by atoms with Gasteiger partial charge in [-0.25, -0.2) is 0 Å². The minimum Gasteiger partial charge on any atom is -0.454 e. The molecule has 4 rings (SSSR count). The third kappa shape index (κ3) is 3.45. The molecular formula is C22H22N2O4. The second kappa shape index (κ2) is 7.03. The number of aromatic amines is 1. The van der Waals surface area contributed by atoms with Gasteiger partial charge in [-0.1, -0.05) is 17.7 Å². The van der Waals surface area contributed by atoms with E-state index in [4.69, 9.17) is 9.47 Å². The summed E-state index contributed by atoms with van der Waals surface area (Å²) >= 11 is 0. The van der Waals surface area contributed by atoms with Gasteiger partial charge in [0.25, 0.3) is 5.56 Å². The number of pyridine rings is 1. The molecule has 6 nitrogen and oxygen atoms in total. The topological polar surface area (TPSA) is 71.6 Å². The summed E-state index contributed by atoms with van der Waals surface area (Å²) in [5.41, 5.74) is 4.31. The number of nitrogens with zero attached hydrogens (tertiary/aromatic N) is 1. The van der Waals surface area contributed by atoms with E-state index in [1.54, 1.807) is 4.90 Å². The Morgan fingerprint density at radius 2 is 1.86 bits per heavy atom. The van der Waals surface area contributed by atoms with Crippen molar-refractivity contribution in [3.05, 3.63) is 69.0 Å². The lowest BCUT2D eigenvalue weighted by Gasteiger charge is -2.21. The molecule has 0 atom stereocenters. The van der Waals surface area contributed by atoms with Gasteiger partial charge < -0.3 is 19.4 Å². The summed E-state index contributed by atoms with van der Waals surface area (Å²) in [6.45, 7) is 6.35. The molecule has 6 heteroatoms. The normalized spacial score (nSPS) is 12.4. The Morgan fingerprint density at radius 1 is 1.07 bits per heavy atom. The first-order valence-electron chi connectivity index (χ1n) is 9.18. The Bertz CT molecular complexity index is 1130. The molecule has 0 unspecified atom stereocenters. The van der Waals surface area contributed by atoms with Crippen LogP contribution in [0.15, 0.2) is 41.2 Å². The van der Waals surface area contributed by atoms with Crippen LogP contribution in [0, 0.1) is 13.8 Å². The van der Waals surface area contributed by atoms with E-state index < -0.39 is 0 Å². The number of hydrogen-bond acceptors (Lipinski definition) is 4. The number of carbonyl (C=O) groups excluding carboxylic acids is 1. The predicted octanol–water partition coefficient (Wildman–Crippen LogP) is 3.42. The summed E-state index contributed by atoms with van der Waals surface area (Å²) in [4.78, 5) is 29.4. The van der Waals surface area contributed by atoms with E-state index in [2.05, 4.69) is 4.98 Å². The second-order valence-corrected chi connectivity index (χ2v) is 7.23. The number of fused-ring (bicyclic) bond motifs is 2. The van der Waals surface area contributed by atoms with Crippen molar-refractivity contribution < 1.29 is 14.3 Å². The Balaban J connectivity index is 1.64. The van der Waals surface area contributed by atoms with Gasteiger partial charge in [-0.05, 0) is 54.6 Å². The molecule has 0 radical (unpaired) electrons. The van der Waals surface area contributed by atoms with Crippen LogP contribution in [0.25, 0.3) is 10.9 Å². The van der Waals surface area contributed by atoms with Gasteiger partial charge >= 0.3 is 0 Å². The van der Waals surface area contributed by atoms with E-state index in [1.807, 2.05) is 50.2 Å². The number of H-pyrrole nitrogens is 1. The molecular weight excluding hydrogens is 356 g/mol. The van der Waals surface area contributed by atoms with E-state index in [9.17, 15) is 9.59 Å². The fourth-order valence-corrected chi connectivity index (χ4v) is 3.59. The van der Waals surface area contributed by atoms with Gasteiger partial charge in [0.2, 0.25) is 12.7 Å². The number of aryl methyl sites for hydroxylation is 2. The van der Waals surface area contributed by atoms with Crippen LogP contribution in [0.3, 0.4) is 0 Å². The Hall–Kier alpha value is -3.28. The Kier molecular flexibility index (Phi) is 4.55. The molecule has 0 saturated heterocycles. The van der Waals surface area contributed by atoms with Crippen LogP contribution in [-0.4, -0.2) is 22.6 Å². The number of rotatable bonds is 4. The van der Waals surface area contributed by atoms with Crippen molar-refractivity contribution in [2.45, 2.75) is 33.9 Å². The molecule has 2 aromatic carbocycles. The fourth-order valence-electron chi connectivity index (χ4n) is 3.59. The maximum Gasteiger partial charge on any atom is 0.253 e. The average Bonchev–Trinajstić information content (AvgIpc) is 3.10. The third-order valence-corrected chi connectivity index (χ3v) is 4.99. The number of hydrogen-bond donors (Lipinski definition) is 1. The first-order valence-corrected chi connectivity index (χ1v) is 9.18. The lowest BCUT2D eigenvalue weighted by Crippen LogP contribution is -2.30. The zero-order valence-corrected chi connectivity index (χ0v) is 16.2. The van der Waals surface area contributed by atoms with E-state index >= 15 is 0 Å². The van der Waals surface area contributed by atoms with Gasteiger partial charge in [-0.3, -0.25) is 9.59 Å². The Labute approximate surface area is 162 Å². The number of carbonyl (C=O) groups is 1. The van der Waals surface area contributed by atoms with Gasteiger partial charge in [-0.2, -0.15) is 0 Å². The van der Waals surface area contributed by atoms with Crippen LogP contribution in [0.5, 0.6) is 11.5 Å². The Morgan fingerprint density at radius 3 is 2.64 bits per heavy atom. The maximum atomic E-state index is 12.6. The highest BCUT2D eigenvalue weighted by atomic mass is 16.7. The minimum atomic E-state index is -0.170. The summed E-state index contributed by atoms with van der Waals surface area (Å²) in [6.07, 6.45) is 0. The van der Waals surface area contributed by atoms with Crippen LogP contribution in [0.1, 0.15) is 29.2 Å². The lowest BCUT2D eigenvalue weighted by atomic mass is 10.0. The van der Waals surface area contributed by atoms with Gasteiger partial charge in [0, 0.05) is 19.0 Å². The fraction of sp³-hybridized carbons (Fsp3) is 0.273. The highest BCUT2D eigenvalue weighted by Crippen LogP contribution is 2.33. The highest BCUT2D eigenvalue weighted by Gasteiger charge is 2.17. The van der Waals surface area contributed by atoms with E-state index in [0.29, 0.717) is 23.6 Å². The minimum absolute atomic E-state index is 0.0995. The molecule has 1 aromatic heterocycles. The van der Waals surface area contributed by atoms with Crippen molar-refractivity contribution in [1.29, 1.82) is 0 Å². The number of amides is 1. The zero-order valence-electron chi connectivity index (χ0n) is 16.2. The monoisotopic (exact) mass is 378 g/mol. The smallest absolute Gasteiger partial charge is 0.253 e. The SMILES string of the molecule is CC(=O)N(Cc1ccc2c(c1)OCO2)Cc1cc2cc(C)cc(C)c2[nH]c1=O. The molecule has 0 saturated carbocycles. The van der Waals surface area contributed by atoms with E-state index in [-0.39, 0.29) is 24.8 Å². The van der Waals surface area contributed by atoms with Gasteiger partial charge in [0.15, 0.2) is 11.5 Å². The summed E-state index contributed by atoms with van der Waals surface area (Å²) in [7, 11) is 0. The van der Waals surface area contributed by atoms with Crippen LogP contribution in [0.2, 0.25) is 0 Å². The first-order chi connectivity index (χ1) is 13.4. The summed E-state index contributed by atoms with van der Waals surface area (Å²) in [5, 5.41) is 0.971. The largest absolute Gasteiger partial charge is 0.454 e. The summed E-state index contributed by atoms with van der Waals surface area (Å²) in [6, 6.07) is 11.6. The van der Waals surface area contributed by atoms with Crippen LogP contribution in [-0.2, 0) is 17.9 Å². The molecule has 0 bridgehead atoms. The molecule has 2 heterocycles. The number of nitrogens with one attached hydrogen (secondary N) is 1. The molecule has 144 valence electrons. The van der Waals surface area contributed by atoms with E-state index in [0.717, 1.165) is 27.6 Å². The molecule has 1 aliphatic rings. The quantitative estimate of drug-likeness (QED) is 0.755. The first kappa shape index (κ1) is 18.1. The summed E-state index contributed by atoms with van der Waals surface area (Å²) in [5.74, 6) is 1.28. The number of aromatic nitrogens is 1. The third-order valence-electron chi connectivity index (χ3n) is 4.99. The molecule has 0 aliphatic carbocycles. The molecule has 1 amide bonds. The van der Waals surface area contributed by atoms with Crippen molar-refractivity contribution in [1.82, 2.24) is 9.88 Å². The predicted molar refractivity (Wildman–Crippen MR) is 107 cm³/mol. The lowest BCUT2D eigenvalue weighted by molar-refractivity contribution is -0.130. The number of benzene rings is 2.